The van der Waals surface area contributed by atoms with Crippen molar-refractivity contribution < 1.29 is 9.32 Å². The second kappa shape index (κ2) is 7.78. The number of amides is 1. The highest BCUT2D eigenvalue weighted by Crippen LogP contribution is 2.27. The van der Waals surface area contributed by atoms with Crippen LogP contribution in [-0.2, 0) is 4.79 Å². The van der Waals surface area contributed by atoms with Crippen LogP contribution in [0.3, 0.4) is 0 Å². The number of nitrogens with zero attached hydrogens (tertiary/aromatic N) is 3. The predicted molar refractivity (Wildman–Crippen MR) is 95.0 cm³/mol. The van der Waals surface area contributed by atoms with Crippen LogP contribution in [-0.4, -0.2) is 40.1 Å². The minimum absolute atomic E-state index is 0.00433. The third-order valence-corrected chi connectivity index (χ3v) is 4.93. The molecule has 3 rings (SSSR count). The van der Waals surface area contributed by atoms with Gasteiger partial charge in [0.15, 0.2) is 5.82 Å². The zero-order chi connectivity index (χ0) is 17.8. The molecule has 1 fully saturated rings. The van der Waals surface area contributed by atoms with Crippen molar-refractivity contribution in [2.24, 2.45) is 0 Å². The van der Waals surface area contributed by atoms with Gasteiger partial charge < -0.3 is 9.84 Å². The van der Waals surface area contributed by atoms with E-state index in [1.165, 1.54) is 0 Å². The molecule has 0 radical (unpaired) electrons. The Hall–Kier alpha value is -2.21. The second-order valence-corrected chi connectivity index (χ2v) is 6.83. The monoisotopic (exact) mass is 342 g/mol. The molecule has 3 atom stereocenters. The van der Waals surface area contributed by atoms with Crippen molar-refractivity contribution in [1.29, 1.82) is 0 Å². The highest BCUT2D eigenvalue weighted by molar-refractivity contribution is 5.81. The van der Waals surface area contributed by atoms with E-state index >= 15 is 0 Å². The molecule has 0 bridgehead atoms. The van der Waals surface area contributed by atoms with E-state index < -0.39 is 0 Å². The fraction of sp³-hybridized carbons (Fsp3) is 0.526. The van der Waals surface area contributed by atoms with E-state index in [1.54, 1.807) is 0 Å². The minimum atomic E-state index is -0.182. The van der Waals surface area contributed by atoms with Gasteiger partial charge in [0.2, 0.25) is 11.8 Å². The van der Waals surface area contributed by atoms with Gasteiger partial charge in [-0.05, 0) is 45.7 Å². The lowest BCUT2D eigenvalue weighted by Gasteiger charge is -2.35. The summed E-state index contributed by atoms with van der Waals surface area (Å²) in [7, 11) is 0. The lowest BCUT2D eigenvalue weighted by atomic mass is 9.96. The summed E-state index contributed by atoms with van der Waals surface area (Å²) in [5, 5.41) is 7.01. The summed E-state index contributed by atoms with van der Waals surface area (Å²) < 4.78 is 5.33. The van der Waals surface area contributed by atoms with Crippen molar-refractivity contribution in [2.75, 3.05) is 13.1 Å². The van der Waals surface area contributed by atoms with E-state index in [-0.39, 0.29) is 23.9 Å². The van der Waals surface area contributed by atoms with Crippen LogP contribution in [0.2, 0.25) is 0 Å². The minimum Gasteiger partial charge on any atom is -0.348 e. The molecule has 2 aromatic rings. The van der Waals surface area contributed by atoms with Crippen LogP contribution >= 0.6 is 0 Å². The highest BCUT2D eigenvalue weighted by atomic mass is 16.5. The Morgan fingerprint density at radius 1 is 1.32 bits per heavy atom. The van der Waals surface area contributed by atoms with Gasteiger partial charge in [-0.25, -0.2) is 0 Å². The van der Waals surface area contributed by atoms with Crippen LogP contribution in [0.25, 0.3) is 0 Å². The first-order valence-corrected chi connectivity index (χ1v) is 8.94. The average Bonchev–Trinajstić information content (AvgIpc) is 3.08. The topological polar surface area (TPSA) is 71.3 Å². The van der Waals surface area contributed by atoms with Gasteiger partial charge in [-0.15, -0.1) is 0 Å². The molecule has 134 valence electrons. The van der Waals surface area contributed by atoms with E-state index in [9.17, 15) is 4.79 Å². The number of likely N-dealkylation sites (tertiary alicyclic amines) is 1. The molecule has 0 saturated carbocycles. The number of piperidine rings is 1. The number of carbonyl (C=O) groups excluding carboxylic acids is 1. The van der Waals surface area contributed by atoms with E-state index in [2.05, 4.69) is 20.4 Å². The summed E-state index contributed by atoms with van der Waals surface area (Å²) in [5.41, 5.74) is 1.11. The summed E-state index contributed by atoms with van der Waals surface area (Å²) in [6.07, 6.45) is 2.05. The Balaban J connectivity index is 1.59. The van der Waals surface area contributed by atoms with Gasteiger partial charge in [-0.3, -0.25) is 9.69 Å². The van der Waals surface area contributed by atoms with Crippen LogP contribution in [0.1, 0.15) is 55.9 Å². The molecule has 0 aliphatic carbocycles. The molecule has 1 aromatic carbocycles. The molecule has 25 heavy (non-hydrogen) atoms. The summed E-state index contributed by atoms with van der Waals surface area (Å²) in [4.78, 5) is 19.2. The van der Waals surface area contributed by atoms with Gasteiger partial charge in [0.05, 0.1) is 18.0 Å². The fourth-order valence-electron chi connectivity index (χ4n) is 3.36. The number of aromatic nitrogens is 2. The van der Waals surface area contributed by atoms with Crippen molar-refractivity contribution in [1.82, 2.24) is 20.4 Å². The largest absolute Gasteiger partial charge is 0.348 e. The van der Waals surface area contributed by atoms with Gasteiger partial charge >= 0.3 is 0 Å². The number of nitrogens with one attached hydrogen (secondary N) is 1. The van der Waals surface area contributed by atoms with Crippen LogP contribution in [0.15, 0.2) is 34.9 Å². The number of aryl methyl sites for hydroxylation is 1. The van der Waals surface area contributed by atoms with Gasteiger partial charge in [0.25, 0.3) is 0 Å². The molecule has 0 spiro atoms. The van der Waals surface area contributed by atoms with Crippen LogP contribution in [0, 0.1) is 6.92 Å². The molecule has 1 aromatic heterocycles. The van der Waals surface area contributed by atoms with Crippen LogP contribution < -0.4 is 5.32 Å². The Labute approximate surface area is 148 Å². The third-order valence-electron chi connectivity index (χ3n) is 4.93. The SMILES string of the molecule is Cc1noc([C@@H]2CCCN([C@H](C)C(=O)N[C@@H](C)c3ccccc3)C2)n1. The molecule has 1 aliphatic heterocycles. The number of carbonyl (C=O) groups is 1. The van der Waals surface area contributed by atoms with Crippen LogP contribution in [0.4, 0.5) is 0 Å². The first-order valence-electron chi connectivity index (χ1n) is 8.94. The summed E-state index contributed by atoms with van der Waals surface area (Å²) in [6.45, 7) is 7.50. The first-order chi connectivity index (χ1) is 12.0. The zero-order valence-electron chi connectivity index (χ0n) is 15.1. The Morgan fingerprint density at radius 3 is 2.76 bits per heavy atom. The molecule has 6 nitrogen and oxygen atoms in total. The van der Waals surface area contributed by atoms with E-state index in [0.29, 0.717) is 11.7 Å². The second-order valence-electron chi connectivity index (χ2n) is 6.83. The van der Waals surface area contributed by atoms with Crippen LogP contribution in [0.5, 0.6) is 0 Å². The summed E-state index contributed by atoms with van der Waals surface area (Å²) in [6, 6.07) is 9.84. The molecule has 1 aliphatic rings. The van der Waals surface area contributed by atoms with Crippen molar-refractivity contribution in [3.63, 3.8) is 0 Å². The zero-order valence-corrected chi connectivity index (χ0v) is 15.1. The third kappa shape index (κ3) is 4.25. The summed E-state index contributed by atoms with van der Waals surface area (Å²) >= 11 is 0. The number of rotatable bonds is 5. The van der Waals surface area contributed by atoms with E-state index in [1.807, 2.05) is 51.1 Å². The number of hydrogen-bond acceptors (Lipinski definition) is 5. The van der Waals surface area contributed by atoms with Crippen molar-refractivity contribution in [3.05, 3.63) is 47.6 Å². The molecule has 2 heterocycles. The van der Waals surface area contributed by atoms with Gasteiger partial charge in [-0.2, -0.15) is 4.98 Å². The van der Waals surface area contributed by atoms with Gasteiger partial charge in [-0.1, -0.05) is 35.5 Å². The molecule has 1 saturated heterocycles. The number of benzene rings is 1. The molecular formula is C19H26N4O2. The average molecular weight is 342 g/mol. The first kappa shape index (κ1) is 17.6. The molecule has 0 unspecified atom stereocenters. The standard InChI is InChI=1S/C19H26N4O2/c1-13(16-8-5-4-6-9-16)20-18(24)14(2)23-11-7-10-17(12-23)19-21-15(3)22-25-19/h4-6,8-9,13-14,17H,7,10-12H2,1-3H3,(H,20,24)/t13-,14+,17+/m0/s1. The number of hydrogen-bond donors (Lipinski definition) is 1. The quantitative estimate of drug-likeness (QED) is 0.905. The fourth-order valence-corrected chi connectivity index (χ4v) is 3.36. The molecule has 1 amide bonds. The maximum absolute atomic E-state index is 12.7. The van der Waals surface area contributed by atoms with Gasteiger partial charge in [0, 0.05) is 6.54 Å². The maximum atomic E-state index is 12.7. The van der Waals surface area contributed by atoms with Gasteiger partial charge in [0.1, 0.15) is 0 Å². The normalized spacial score (nSPS) is 20.8. The maximum Gasteiger partial charge on any atom is 0.237 e. The Morgan fingerprint density at radius 2 is 2.08 bits per heavy atom. The summed E-state index contributed by atoms with van der Waals surface area (Å²) in [5.74, 6) is 1.61. The van der Waals surface area contributed by atoms with E-state index in [0.717, 1.165) is 31.5 Å². The molecular weight excluding hydrogens is 316 g/mol. The molecule has 1 N–H and O–H groups in total. The Bertz CT molecular complexity index is 700. The van der Waals surface area contributed by atoms with Crippen molar-refractivity contribution in [3.8, 4) is 0 Å². The van der Waals surface area contributed by atoms with Crippen molar-refractivity contribution >= 4 is 5.91 Å². The van der Waals surface area contributed by atoms with E-state index in [4.69, 9.17) is 4.52 Å². The lowest BCUT2D eigenvalue weighted by molar-refractivity contribution is -0.127. The highest BCUT2D eigenvalue weighted by Gasteiger charge is 2.31. The lowest BCUT2D eigenvalue weighted by Crippen LogP contribution is -2.49. The Kier molecular flexibility index (Phi) is 5.48. The predicted octanol–water partition coefficient (Wildman–Crippen LogP) is 2.82. The smallest absolute Gasteiger partial charge is 0.237 e. The van der Waals surface area contributed by atoms with Crippen molar-refractivity contribution in [2.45, 2.75) is 51.6 Å². The molecule has 6 heteroatoms.